The van der Waals surface area contributed by atoms with Gasteiger partial charge in [-0.05, 0) is 125 Å². The van der Waals surface area contributed by atoms with E-state index >= 15 is 0 Å². The summed E-state index contributed by atoms with van der Waals surface area (Å²) in [6, 6.07) is 100. The molecule has 4 nitrogen and oxygen atoms in total. The van der Waals surface area contributed by atoms with Gasteiger partial charge in [-0.25, -0.2) is 15.0 Å². The van der Waals surface area contributed by atoms with Crippen molar-refractivity contribution < 1.29 is 0 Å². The minimum Gasteiger partial charge on any atom is -0.310 e. The van der Waals surface area contributed by atoms with Gasteiger partial charge in [0.15, 0.2) is 17.5 Å². The zero-order valence-electron chi connectivity index (χ0n) is 40.3. The van der Waals surface area contributed by atoms with Gasteiger partial charge in [-0.1, -0.05) is 231 Å². The van der Waals surface area contributed by atoms with Crippen LogP contribution in [0, 0.1) is 0 Å². The van der Waals surface area contributed by atoms with Crippen molar-refractivity contribution in [1.82, 2.24) is 15.0 Å². The minimum absolute atomic E-state index is 0.588. The Morgan fingerprint density at radius 1 is 0.243 bits per heavy atom. The van der Waals surface area contributed by atoms with Gasteiger partial charge >= 0.3 is 0 Å². The lowest BCUT2D eigenvalue weighted by Crippen LogP contribution is -2.28. The van der Waals surface area contributed by atoms with Crippen molar-refractivity contribution in [3.63, 3.8) is 0 Å². The number of anilines is 3. The molecule has 0 spiro atoms. The van der Waals surface area contributed by atoms with Crippen LogP contribution >= 0.6 is 0 Å². The summed E-state index contributed by atoms with van der Waals surface area (Å²) >= 11 is 0. The first-order valence-corrected chi connectivity index (χ1v) is 25.2. The lowest BCUT2D eigenvalue weighted by Gasteiger charge is -2.34. The molecule has 0 radical (unpaired) electrons. The smallest absolute Gasteiger partial charge is 0.164 e. The van der Waals surface area contributed by atoms with Crippen molar-refractivity contribution in [2.75, 3.05) is 4.90 Å². The molecule has 1 aromatic heterocycles. The van der Waals surface area contributed by atoms with Crippen LogP contribution in [0.25, 0.3) is 88.7 Å². The van der Waals surface area contributed by atoms with E-state index in [-0.39, 0.29) is 0 Å². The lowest BCUT2D eigenvalue weighted by atomic mass is 9.67. The molecule has 0 atom stereocenters. The summed E-state index contributed by atoms with van der Waals surface area (Å²) in [6.45, 7) is 0. The molecule has 0 saturated heterocycles. The molecule has 346 valence electrons. The van der Waals surface area contributed by atoms with E-state index in [0.29, 0.717) is 17.5 Å². The minimum atomic E-state index is -0.588. The molecular formula is C70H46N4. The van der Waals surface area contributed by atoms with Crippen LogP contribution in [0.3, 0.4) is 0 Å². The van der Waals surface area contributed by atoms with Crippen LogP contribution in [-0.4, -0.2) is 15.0 Å². The third-order valence-corrected chi connectivity index (χ3v) is 15.0. The van der Waals surface area contributed by atoms with Gasteiger partial charge in [-0.2, -0.15) is 0 Å². The standard InChI is InChI=1S/C70H46N4/c1-2-20-60(21-3-1)74(62-43-36-49-16-6-9-19-55(49)46-62)61-41-34-51(35-42-61)50-30-37-58(38-31-50)70(65-24-12-10-22-63(65)64-23-11-13-25-66(64)70)59-39-32-52(33-40-59)67-71-68(56-28-26-47-14-4-7-17-53(47)44-56)73-69(72-67)57-29-27-48-15-5-8-18-54(48)45-57/h1-46H. The molecule has 0 bridgehead atoms. The summed E-state index contributed by atoms with van der Waals surface area (Å²) in [5.74, 6) is 1.89. The first kappa shape index (κ1) is 43.1. The quantitative estimate of drug-likeness (QED) is 0.145. The fourth-order valence-electron chi connectivity index (χ4n) is 11.4. The molecular weight excluding hydrogens is 897 g/mol. The van der Waals surface area contributed by atoms with Gasteiger partial charge in [-0.3, -0.25) is 0 Å². The third kappa shape index (κ3) is 7.34. The number of hydrogen-bond donors (Lipinski definition) is 0. The van der Waals surface area contributed by atoms with E-state index in [1.165, 1.54) is 54.9 Å². The van der Waals surface area contributed by atoms with Gasteiger partial charge in [-0.15, -0.1) is 0 Å². The molecule has 14 rings (SSSR count). The van der Waals surface area contributed by atoms with E-state index < -0.39 is 5.41 Å². The molecule has 0 amide bonds. The van der Waals surface area contributed by atoms with E-state index in [0.717, 1.165) is 55.7 Å². The van der Waals surface area contributed by atoms with Gasteiger partial charge < -0.3 is 4.90 Å². The van der Waals surface area contributed by atoms with Crippen LogP contribution in [0.1, 0.15) is 22.3 Å². The molecule has 13 aromatic rings. The summed E-state index contributed by atoms with van der Waals surface area (Å²) in [6.07, 6.45) is 0. The van der Waals surface area contributed by atoms with E-state index in [1.807, 2.05) is 0 Å². The Balaban J connectivity index is 0.857. The topological polar surface area (TPSA) is 41.9 Å². The molecule has 74 heavy (non-hydrogen) atoms. The summed E-state index contributed by atoms with van der Waals surface area (Å²) in [7, 11) is 0. The number of hydrogen-bond acceptors (Lipinski definition) is 4. The Bertz CT molecular complexity index is 4100. The molecule has 1 heterocycles. The normalized spacial score (nSPS) is 12.4. The average molecular weight is 943 g/mol. The molecule has 12 aromatic carbocycles. The largest absolute Gasteiger partial charge is 0.310 e. The fourth-order valence-corrected chi connectivity index (χ4v) is 11.4. The maximum Gasteiger partial charge on any atom is 0.164 e. The maximum absolute atomic E-state index is 5.21. The van der Waals surface area contributed by atoms with E-state index in [1.54, 1.807) is 0 Å². The van der Waals surface area contributed by atoms with Crippen LogP contribution in [0.5, 0.6) is 0 Å². The summed E-state index contributed by atoms with van der Waals surface area (Å²) < 4.78 is 0. The molecule has 0 N–H and O–H groups in total. The van der Waals surface area contributed by atoms with Crippen molar-refractivity contribution >= 4 is 49.4 Å². The number of nitrogens with zero attached hydrogens (tertiary/aromatic N) is 4. The van der Waals surface area contributed by atoms with Crippen molar-refractivity contribution in [3.8, 4) is 56.4 Å². The van der Waals surface area contributed by atoms with Crippen molar-refractivity contribution in [3.05, 3.63) is 301 Å². The Morgan fingerprint density at radius 2 is 0.595 bits per heavy atom. The molecule has 1 aliphatic carbocycles. The summed E-state index contributed by atoms with van der Waals surface area (Å²) in [5.41, 5.74) is 15.2. The predicted octanol–water partition coefficient (Wildman–Crippen LogP) is 17.8. The third-order valence-electron chi connectivity index (χ3n) is 15.0. The van der Waals surface area contributed by atoms with Crippen molar-refractivity contribution in [2.24, 2.45) is 0 Å². The molecule has 0 saturated carbocycles. The first-order chi connectivity index (χ1) is 36.6. The van der Waals surface area contributed by atoms with Crippen LogP contribution < -0.4 is 4.90 Å². The second-order valence-electron chi connectivity index (χ2n) is 19.2. The second-order valence-corrected chi connectivity index (χ2v) is 19.2. The number of fused-ring (bicyclic) bond motifs is 6. The Hall–Kier alpha value is -9.77. The number of rotatable bonds is 9. The Morgan fingerprint density at radius 3 is 1.11 bits per heavy atom. The van der Waals surface area contributed by atoms with Crippen LogP contribution in [-0.2, 0) is 5.41 Å². The van der Waals surface area contributed by atoms with Crippen LogP contribution in [0.2, 0.25) is 0 Å². The number of benzene rings is 12. The molecule has 0 fully saturated rings. The summed E-state index contributed by atoms with van der Waals surface area (Å²) in [5, 5.41) is 7.06. The van der Waals surface area contributed by atoms with Gasteiger partial charge in [0.05, 0.1) is 5.41 Å². The highest BCUT2D eigenvalue weighted by Gasteiger charge is 2.46. The van der Waals surface area contributed by atoms with Gasteiger partial charge in [0, 0.05) is 33.8 Å². The monoisotopic (exact) mass is 942 g/mol. The van der Waals surface area contributed by atoms with Gasteiger partial charge in [0.2, 0.25) is 0 Å². The van der Waals surface area contributed by atoms with Gasteiger partial charge in [0.25, 0.3) is 0 Å². The molecule has 0 unspecified atom stereocenters. The average Bonchev–Trinajstić information content (AvgIpc) is 3.85. The molecule has 0 aliphatic heterocycles. The highest BCUT2D eigenvalue weighted by atomic mass is 15.1. The van der Waals surface area contributed by atoms with Gasteiger partial charge in [0.1, 0.15) is 0 Å². The fraction of sp³-hybridized carbons (Fsp3) is 0.0143. The predicted molar refractivity (Wildman–Crippen MR) is 306 cm³/mol. The SMILES string of the molecule is c1ccc(N(c2ccc(-c3ccc(C4(c5ccc(-c6nc(-c7ccc8ccccc8c7)nc(-c7ccc8ccccc8c7)n6)cc5)c5ccccc5-c5ccccc54)cc3)cc2)c2ccc3ccccc3c2)cc1. The van der Waals surface area contributed by atoms with Crippen LogP contribution in [0.15, 0.2) is 279 Å². The summed E-state index contributed by atoms with van der Waals surface area (Å²) in [4.78, 5) is 17.9. The highest BCUT2D eigenvalue weighted by molar-refractivity contribution is 5.92. The van der Waals surface area contributed by atoms with E-state index in [4.69, 9.17) is 15.0 Å². The first-order valence-electron chi connectivity index (χ1n) is 25.2. The zero-order valence-corrected chi connectivity index (χ0v) is 40.3. The number of para-hydroxylation sites is 1. The van der Waals surface area contributed by atoms with E-state index in [9.17, 15) is 0 Å². The van der Waals surface area contributed by atoms with Crippen molar-refractivity contribution in [1.29, 1.82) is 0 Å². The Labute approximate surface area is 430 Å². The van der Waals surface area contributed by atoms with Crippen molar-refractivity contribution in [2.45, 2.75) is 5.41 Å². The highest BCUT2D eigenvalue weighted by Crippen LogP contribution is 2.56. The zero-order chi connectivity index (χ0) is 49.0. The number of aromatic nitrogens is 3. The molecule has 1 aliphatic rings. The maximum atomic E-state index is 5.21. The lowest BCUT2D eigenvalue weighted by molar-refractivity contribution is 0.768. The second kappa shape index (κ2) is 17.8. The van der Waals surface area contributed by atoms with Crippen LogP contribution in [0.4, 0.5) is 17.1 Å². The Kier molecular flexibility index (Phi) is 10.4. The van der Waals surface area contributed by atoms with E-state index in [2.05, 4.69) is 284 Å². The molecule has 4 heteroatoms.